The van der Waals surface area contributed by atoms with Crippen LogP contribution in [0.25, 0.3) is 0 Å². The van der Waals surface area contributed by atoms with Crippen molar-refractivity contribution in [3.63, 3.8) is 0 Å². The highest BCUT2D eigenvalue weighted by molar-refractivity contribution is 5.34. The van der Waals surface area contributed by atoms with Gasteiger partial charge in [0.2, 0.25) is 0 Å². The first-order chi connectivity index (χ1) is 11.2. The molecule has 2 nitrogen and oxygen atoms in total. The van der Waals surface area contributed by atoms with E-state index in [1.807, 2.05) is 6.08 Å². The van der Waals surface area contributed by atoms with Gasteiger partial charge in [0.15, 0.2) is 0 Å². The summed E-state index contributed by atoms with van der Waals surface area (Å²) in [6, 6.07) is 9.27. The molecule has 0 bridgehead atoms. The molecule has 1 atom stereocenters. The number of allylic oxidation sites excluding steroid dienone is 2. The smallest absolute Gasteiger partial charge is 0.0238 e. The molecule has 0 aromatic heterocycles. The standard InChI is InChI=1S/C21H28N2/c1-4-13-23-14-11-19(12-15-23)18-6-8-20(9-7-18)21-10-5-16(2)22-17(21)3/h4,6-9,19,21-22H,1-3,5,10-15H2. The van der Waals surface area contributed by atoms with Crippen molar-refractivity contribution in [1.29, 1.82) is 0 Å². The fraction of sp³-hybridized carbons (Fsp3) is 0.429. The highest BCUT2D eigenvalue weighted by Crippen LogP contribution is 2.34. The third-order valence-electron chi connectivity index (χ3n) is 5.28. The third kappa shape index (κ3) is 3.76. The van der Waals surface area contributed by atoms with E-state index in [9.17, 15) is 0 Å². The molecule has 0 radical (unpaired) electrons. The molecule has 3 rings (SSSR count). The minimum atomic E-state index is 0.420. The summed E-state index contributed by atoms with van der Waals surface area (Å²) in [5, 5.41) is 3.32. The van der Waals surface area contributed by atoms with Crippen molar-refractivity contribution >= 4 is 0 Å². The molecular weight excluding hydrogens is 280 g/mol. The minimum Gasteiger partial charge on any atom is -0.363 e. The van der Waals surface area contributed by atoms with Crippen LogP contribution in [0.5, 0.6) is 0 Å². The molecule has 2 heteroatoms. The van der Waals surface area contributed by atoms with Gasteiger partial charge in [-0.2, -0.15) is 0 Å². The first kappa shape index (κ1) is 16.1. The Hall–Kier alpha value is -1.80. The molecule has 2 heterocycles. The van der Waals surface area contributed by atoms with Crippen LogP contribution in [0.3, 0.4) is 0 Å². The van der Waals surface area contributed by atoms with Crippen molar-refractivity contribution in [2.75, 3.05) is 19.6 Å². The fourth-order valence-electron chi connectivity index (χ4n) is 3.87. The molecule has 23 heavy (non-hydrogen) atoms. The number of hydrogen-bond donors (Lipinski definition) is 1. The van der Waals surface area contributed by atoms with E-state index in [2.05, 4.69) is 54.2 Å². The van der Waals surface area contributed by atoms with E-state index in [1.54, 1.807) is 0 Å². The zero-order valence-corrected chi connectivity index (χ0v) is 14.1. The molecule has 1 N–H and O–H groups in total. The number of nitrogens with zero attached hydrogens (tertiary/aromatic N) is 1. The Morgan fingerprint density at radius 3 is 2.30 bits per heavy atom. The van der Waals surface area contributed by atoms with Gasteiger partial charge in [-0.05, 0) is 55.8 Å². The normalized spacial score (nSPS) is 23.6. The van der Waals surface area contributed by atoms with Crippen LogP contribution in [0, 0.1) is 0 Å². The largest absolute Gasteiger partial charge is 0.363 e. The highest BCUT2D eigenvalue weighted by atomic mass is 15.1. The molecule has 0 amide bonds. The lowest BCUT2D eigenvalue weighted by Crippen LogP contribution is -2.32. The van der Waals surface area contributed by atoms with E-state index >= 15 is 0 Å². The molecule has 2 aliphatic rings. The Bertz CT molecular complexity index is 576. The number of likely N-dealkylation sites (tertiary alicyclic amines) is 1. The maximum Gasteiger partial charge on any atom is 0.0238 e. The van der Waals surface area contributed by atoms with Gasteiger partial charge in [-0.25, -0.2) is 0 Å². The molecule has 122 valence electrons. The molecule has 2 aliphatic heterocycles. The van der Waals surface area contributed by atoms with Crippen molar-refractivity contribution in [2.45, 2.75) is 37.5 Å². The second kappa shape index (κ2) is 7.18. The molecule has 1 aromatic carbocycles. The average molecular weight is 308 g/mol. The predicted molar refractivity (Wildman–Crippen MR) is 98.4 cm³/mol. The summed E-state index contributed by atoms with van der Waals surface area (Å²) in [5.74, 6) is 1.13. The summed E-state index contributed by atoms with van der Waals surface area (Å²) in [5.41, 5.74) is 5.05. The second-order valence-corrected chi connectivity index (χ2v) is 6.88. The van der Waals surface area contributed by atoms with E-state index in [0.29, 0.717) is 11.8 Å². The predicted octanol–water partition coefficient (Wildman–Crippen LogP) is 4.55. The van der Waals surface area contributed by atoms with Crippen LogP contribution in [0.1, 0.15) is 48.6 Å². The van der Waals surface area contributed by atoms with Crippen molar-refractivity contribution in [2.24, 2.45) is 0 Å². The molecule has 1 unspecified atom stereocenters. The fourth-order valence-corrected chi connectivity index (χ4v) is 3.87. The van der Waals surface area contributed by atoms with Crippen LogP contribution in [0.15, 0.2) is 61.5 Å². The summed E-state index contributed by atoms with van der Waals surface area (Å²) in [7, 11) is 0. The summed E-state index contributed by atoms with van der Waals surface area (Å²) in [6.45, 7) is 15.4. The van der Waals surface area contributed by atoms with E-state index < -0.39 is 0 Å². The first-order valence-corrected chi connectivity index (χ1v) is 8.74. The molecule has 0 spiro atoms. The topological polar surface area (TPSA) is 15.3 Å². The van der Waals surface area contributed by atoms with E-state index in [0.717, 1.165) is 30.8 Å². The van der Waals surface area contributed by atoms with Crippen molar-refractivity contribution in [3.05, 3.63) is 72.6 Å². The second-order valence-electron chi connectivity index (χ2n) is 6.88. The van der Waals surface area contributed by atoms with Crippen LogP contribution in [-0.2, 0) is 0 Å². The molecule has 2 fully saturated rings. The van der Waals surface area contributed by atoms with Gasteiger partial charge in [0.05, 0.1) is 0 Å². The summed E-state index contributed by atoms with van der Waals surface area (Å²) in [4.78, 5) is 2.49. The number of piperidine rings is 2. The van der Waals surface area contributed by atoms with Gasteiger partial charge < -0.3 is 5.32 Å². The van der Waals surface area contributed by atoms with E-state index in [1.165, 1.54) is 37.1 Å². The van der Waals surface area contributed by atoms with Gasteiger partial charge in [-0.15, -0.1) is 6.58 Å². The summed E-state index contributed by atoms with van der Waals surface area (Å²) < 4.78 is 0. The Morgan fingerprint density at radius 1 is 1.04 bits per heavy atom. The Balaban J connectivity index is 1.62. The Morgan fingerprint density at radius 2 is 1.70 bits per heavy atom. The minimum absolute atomic E-state index is 0.420. The van der Waals surface area contributed by atoms with Crippen molar-refractivity contribution < 1.29 is 0 Å². The van der Waals surface area contributed by atoms with Gasteiger partial charge in [0, 0.05) is 23.9 Å². The summed E-state index contributed by atoms with van der Waals surface area (Å²) >= 11 is 0. The van der Waals surface area contributed by atoms with Crippen LogP contribution in [0.2, 0.25) is 0 Å². The number of benzene rings is 1. The molecule has 1 aromatic rings. The number of nitrogens with one attached hydrogen (secondary N) is 1. The Kier molecular flexibility index (Phi) is 5.02. The monoisotopic (exact) mass is 308 g/mol. The highest BCUT2D eigenvalue weighted by Gasteiger charge is 2.22. The number of hydrogen-bond acceptors (Lipinski definition) is 2. The summed E-state index contributed by atoms with van der Waals surface area (Å²) in [6.07, 6.45) is 6.67. The van der Waals surface area contributed by atoms with Crippen molar-refractivity contribution in [1.82, 2.24) is 10.2 Å². The van der Waals surface area contributed by atoms with Crippen LogP contribution < -0.4 is 5.32 Å². The SMILES string of the molecule is C=CCN1CCC(c2ccc(C3CCC(=C)NC3=C)cc2)CC1. The van der Waals surface area contributed by atoms with Gasteiger partial charge in [0.1, 0.15) is 0 Å². The lowest BCUT2D eigenvalue weighted by Gasteiger charge is -2.32. The van der Waals surface area contributed by atoms with Gasteiger partial charge in [-0.3, -0.25) is 4.90 Å². The Labute approximate surface area is 140 Å². The third-order valence-corrected chi connectivity index (χ3v) is 5.28. The first-order valence-electron chi connectivity index (χ1n) is 8.74. The quantitative estimate of drug-likeness (QED) is 0.821. The number of rotatable bonds is 4. The average Bonchev–Trinajstić information content (AvgIpc) is 2.56. The molecular formula is C21H28N2. The van der Waals surface area contributed by atoms with Gasteiger partial charge >= 0.3 is 0 Å². The van der Waals surface area contributed by atoms with Crippen LogP contribution >= 0.6 is 0 Å². The van der Waals surface area contributed by atoms with Crippen LogP contribution in [0.4, 0.5) is 0 Å². The maximum atomic E-state index is 4.17. The lowest BCUT2D eigenvalue weighted by molar-refractivity contribution is 0.232. The zero-order valence-electron chi connectivity index (χ0n) is 14.1. The molecule has 0 saturated carbocycles. The van der Waals surface area contributed by atoms with Crippen molar-refractivity contribution in [3.8, 4) is 0 Å². The molecule has 0 aliphatic carbocycles. The van der Waals surface area contributed by atoms with Gasteiger partial charge in [0.25, 0.3) is 0 Å². The lowest BCUT2D eigenvalue weighted by atomic mass is 9.85. The maximum absolute atomic E-state index is 4.17. The van der Waals surface area contributed by atoms with Gasteiger partial charge in [-0.1, -0.05) is 43.5 Å². The zero-order chi connectivity index (χ0) is 16.2. The van der Waals surface area contributed by atoms with E-state index in [4.69, 9.17) is 0 Å². The molecule has 2 saturated heterocycles. The van der Waals surface area contributed by atoms with E-state index in [-0.39, 0.29) is 0 Å². The van der Waals surface area contributed by atoms with Crippen LogP contribution in [-0.4, -0.2) is 24.5 Å².